The fourth-order valence-corrected chi connectivity index (χ4v) is 2.54. The predicted octanol–water partition coefficient (Wildman–Crippen LogP) is 3.12. The van der Waals surface area contributed by atoms with E-state index in [-0.39, 0.29) is 0 Å². The molecule has 1 N–H and O–H groups in total. The van der Waals surface area contributed by atoms with Gasteiger partial charge in [0.15, 0.2) is 0 Å². The Kier molecular flexibility index (Phi) is 4.81. The summed E-state index contributed by atoms with van der Waals surface area (Å²) in [6, 6.07) is 2.72. The molecule has 106 valence electrons. The van der Waals surface area contributed by atoms with Gasteiger partial charge in [0.2, 0.25) is 0 Å². The van der Waals surface area contributed by atoms with Crippen LogP contribution in [0.15, 0.2) is 12.3 Å². The minimum absolute atomic E-state index is 0.506. The number of hydrogen-bond acceptors (Lipinski definition) is 3. The molecule has 2 rings (SSSR count). The van der Waals surface area contributed by atoms with Crippen molar-refractivity contribution in [2.45, 2.75) is 52.6 Å². The molecular weight excluding hydrogens is 234 g/mol. The lowest BCUT2D eigenvalue weighted by atomic mass is 9.85. The third-order valence-electron chi connectivity index (χ3n) is 3.97. The average molecular weight is 261 g/mol. The lowest BCUT2D eigenvalue weighted by molar-refractivity contribution is 0.321. The van der Waals surface area contributed by atoms with Crippen molar-refractivity contribution < 1.29 is 0 Å². The number of pyridine rings is 1. The number of nitrogens with zero attached hydrogens (tertiary/aromatic N) is 2. The van der Waals surface area contributed by atoms with Gasteiger partial charge in [-0.2, -0.15) is 0 Å². The third-order valence-corrected chi connectivity index (χ3v) is 3.97. The van der Waals surface area contributed by atoms with Crippen molar-refractivity contribution in [1.29, 1.82) is 0 Å². The highest BCUT2D eigenvalue weighted by Crippen LogP contribution is 2.29. The summed E-state index contributed by atoms with van der Waals surface area (Å²) >= 11 is 0. The molecule has 3 heteroatoms. The van der Waals surface area contributed by atoms with Crippen LogP contribution in [0.3, 0.4) is 0 Å². The predicted molar refractivity (Wildman–Crippen MR) is 81.6 cm³/mol. The summed E-state index contributed by atoms with van der Waals surface area (Å²) in [6.07, 6.45) is 6.23. The maximum absolute atomic E-state index is 4.45. The van der Waals surface area contributed by atoms with Crippen LogP contribution in [-0.4, -0.2) is 24.6 Å². The lowest BCUT2D eigenvalue weighted by Gasteiger charge is -2.32. The van der Waals surface area contributed by atoms with Crippen molar-refractivity contribution in [1.82, 2.24) is 10.3 Å². The van der Waals surface area contributed by atoms with E-state index in [9.17, 15) is 0 Å². The van der Waals surface area contributed by atoms with Crippen molar-refractivity contribution in [2.24, 2.45) is 5.92 Å². The lowest BCUT2D eigenvalue weighted by Crippen LogP contribution is -2.31. The summed E-state index contributed by atoms with van der Waals surface area (Å²) in [6.45, 7) is 8.51. The molecule has 0 aliphatic heterocycles. The molecular formula is C16H27N3. The van der Waals surface area contributed by atoms with Gasteiger partial charge in [-0.1, -0.05) is 20.3 Å². The summed E-state index contributed by atoms with van der Waals surface area (Å²) in [7, 11) is 2.21. The molecule has 0 bridgehead atoms. The van der Waals surface area contributed by atoms with Crippen LogP contribution in [0.25, 0.3) is 0 Å². The normalized spacial score (nSPS) is 15.6. The van der Waals surface area contributed by atoms with Crippen LogP contribution in [0.4, 0.5) is 5.69 Å². The van der Waals surface area contributed by atoms with Crippen molar-refractivity contribution in [3.63, 3.8) is 0 Å². The molecule has 1 fully saturated rings. The topological polar surface area (TPSA) is 28.2 Å². The highest BCUT2D eigenvalue weighted by Gasteiger charge is 2.20. The molecule has 0 atom stereocenters. The van der Waals surface area contributed by atoms with E-state index in [4.69, 9.17) is 0 Å². The van der Waals surface area contributed by atoms with Gasteiger partial charge in [0.25, 0.3) is 0 Å². The van der Waals surface area contributed by atoms with Gasteiger partial charge in [0.05, 0.1) is 0 Å². The summed E-state index contributed by atoms with van der Waals surface area (Å²) < 4.78 is 0. The quantitative estimate of drug-likeness (QED) is 0.853. The SMILES string of the molecule is Cc1cc(N(C)CC2CCC2)c(CNC(C)C)cn1. The first-order chi connectivity index (χ1) is 9.06. The Balaban J connectivity index is 2.08. The second-order valence-electron chi connectivity index (χ2n) is 6.17. The Hall–Kier alpha value is -1.09. The van der Waals surface area contributed by atoms with Crippen LogP contribution in [0.1, 0.15) is 44.4 Å². The Morgan fingerprint density at radius 1 is 1.42 bits per heavy atom. The molecule has 3 nitrogen and oxygen atoms in total. The third kappa shape index (κ3) is 3.93. The molecule has 19 heavy (non-hydrogen) atoms. The van der Waals surface area contributed by atoms with Gasteiger partial charge in [0.1, 0.15) is 0 Å². The summed E-state index contributed by atoms with van der Waals surface area (Å²) in [5.41, 5.74) is 3.75. The van der Waals surface area contributed by atoms with E-state index >= 15 is 0 Å². The average Bonchev–Trinajstić information content (AvgIpc) is 2.31. The van der Waals surface area contributed by atoms with Gasteiger partial charge in [0, 0.05) is 49.3 Å². The Morgan fingerprint density at radius 3 is 2.74 bits per heavy atom. The Bertz CT molecular complexity index is 410. The molecule has 1 aliphatic rings. The molecule has 1 aliphatic carbocycles. The van der Waals surface area contributed by atoms with Crippen molar-refractivity contribution >= 4 is 5.69 Å². The van der Waals surface area contributed by atoms with Crippen molar-refractivity contribution in [3.8, 4) is 0 Å². The Morgan fingerprint density at radius 2 is 2.16 bits per heavy atom. The number of anilines is 1. The molecule has 0 amide bonds. The number of aromatic nitrogens is 1. The smallest absolute Gasteiger partial charge is 0.0443 e. The molecule has 1 heterocycles. The van der Waals surface area contributed by atoms with Gasteiger partial charge in [-0.15, -0.1) is 0 Å². The number of aryl methyl sites for hydroxylation is 1. The standard InChI is InChI=1S/C16H27N3/c1-12(2)17-9-15-10-18-13(3)8-16(15)19(4)11-14-6-5-7-14/h8,10,12,14,17H,5-7,9,11H2,1-4H3. The second kappa shape index (κ2) is 6.38. The van der Waals surface area contributed by atoms with E-state index in [2.05, 4.69) is 49.1 Å². The highest BCUT2D eigenvalue weighted by molar-refractivity contribution is 5.53. The van der Waals surface area contributed by atoms with E-state index in [0.717, 1.165) is 18.2 Å². The maximum atomic E-state index is 4.45. The second-order valence-corrected chi connectivity index (χ2v) is 6.17. The van der Waals surface area contributed by atoms with Crippen LogP contribution in [0.5, 0.6) is 0 Å². The highest BCUT2D eigenvalue weighted by atomic mass is 15.1. The van der Waals surface area contributed by atoms with Gasteiger partial charge in [-0.05, 0) is 31.7 Å². The van der Waals surface area contributed by atoms with Crippen molar-refractivity contribution in [3.05, 3.63) is 23.5 Å². The zero-order valence-corrected chi connectivity index (χ0v) is 12.7. The molecule has 1 saturated carbocycles. The fourth-order valence-electron chi connectivity index (χ4n) is 2.54. The molecule has 0 aromatic carbocycles. The largest absolute Gasteiger partial charge is 0.374 e. The summed E-state index contributed by atoms with van der Waals surface area (Å²) in [5.74, 6) is 0.893. The zero-order valence-electron chi connectivity index (χ0n) is 12.7. The van der Waals surface area contributed by atoms with E-state index in [1.54, 1.807) is 0 Å². The van der Waals surface area contributed by atoms with E-state index in [1.165, 1.54) is 37.1 Å². The molecule has 0 unspecified atom stereocenters. The Labute approximate surface area is 117 Å². The van der Waals surface area contributed by atoms with Gasteiger partial charge < -0.3 is 10.2 Å². The summed E-state index contributed by atoms with van der Waals surface area (Å²) in [5, 5.41) is 3.49. The number of nitrogens with one attached hydrogen (secondary N) is 1. The molecule has 1 aromatic heterocycles. The first-order valence-electron chi connectivity index (χ1n) is 7.46. The van der Waals surface area contributed by atoms with E-state index in [1.807, 2.05) is 6.20 Å². The van der Waals surface area contributed by atoms with Crippen LogP contribution in [-0.2, 0) is 6.54 Å². The monoisotopic (exact) mass is 261 g/mol. The molecule has 0 spiro atoms. The van der Waals surface area contributed by atoms with Gasteiger partial charge in [-0.25, -0.2) is 0 Å². The van der Waals surface area contributed by atoms with Gasteiger partial charge >= 0.3 is 0 Å². The molecule has 0 saturated heterocycles. The molecule has 1 aromatic rings. The van der Waals surface area contributed by atoms with Crippen LogP contribution in [0.2, 0.25) is 0 Å². The minimum atomic E-state index is 0.506. The number of rotatable bonds is 6. The molecule has 0 radical (unpaired) electrons. The van der Waals surface area contributed by atoms with Gasteiger partial charge in [-0.3, -0.25) is 4.98 Å². The minimum Gasteiger partial charge on any atom is -0.374 e. The maximum Gasteiger partial charge on any atom is 0.0443 e. The first kappa shape index (κ1) is 14.3. The zero-order chi connectivity index (χ0) is 13.8. The van der Waals surface area contributed by atoms with Crippen LogP contribution < -0.4 is 10.2 Å². The fraction of sp³-hybridized carbons (Fsp3) is 0.688. The van der Waals surface area contributed by atoms with Crippen LogP contribution >= 0.6 is 0 Å². The van der Waals surface area contributed by atoms with Crippen molar-refractivity contribution in [2.75, 3.05) is 18.5 Å². The first-order valence-corrected chi connectivity index (χ1v) is 7.46. The number of hydrogen-bond donors (Lipinski definition) is 1. The van der Waals surface area contributed by atoms with Crippen LogP contribution in [0, 0.1) is 12.8 Å². The summed E-state index contributed by atoms with van der Waals surface area (Å²) in [4.78, 5) is 6.86. The van der Waals surface area contributed by atoms with E-state index < -0.39 is 0 Å². The van der Waals surface area contributed by atoms with E-state index in [0.29, 0.717) is 6.04 Å².